The third kappa shape index (κ3) is 5.63. The maximum absolute atomic E-state index is 15.1. The van der Waals surface area contributed by atoms with Gasteiger partial charge in [-0.15, -0.1) is 0 Å². The molecule has 2 heterocycles. The number of piperidine rings is 1. The molecule has 1 aliphatic rings. The summed E-state index contributed by atoms with van der Waals surface area (Å²) in [6, 6.07) is 9.84. The second kappa shape index (κ2) is 10.4. The van der Waals surface area contributed by atoms with Crippen molar-refractivity contribution in [3.8, 4) is 11.4 Å². The van der Waals surface area contributed by atoms with Crippen molar-refractivity contribution in [3.05, 3.63) is 65.3 Å². The molecule has 4 rings (SSSR count). The predicted octanol–water partition coefficient (Wildman–Crippen LogP) is 3.69. The Hall–Kier alpha value is -4.22. The summed E-state index contributed by atoms with van der Waals surface area (Å²) in [7, 11) is 1.71. The molecule has 0 saturated carbocycles. The number of rotatable bonds is 7. The Kier molecular flexibility index (Phi) is 7.28. The lowest BCUT2D eigenvalue weighted by atomic mass is 9.92. The summed E-state index contributed by atoms with van der Waals surface area (Å²) in [6.45, 7) is 0.333. The van der Waals surface area contributed by atoms with Crippen LogP contribution in [-0.2, 0) is 4.79 Å². The van der Waals surface area contributed by atoms with E-state index in [0.717, 1.165) is 17.0 Å². The van der Waals surface area contributed by atoms with Crippen molar-refractivity contribution in [1.29, 1.82) is 5.41 Å². The van der Waals surface area contributed by atoms with Crippen molar-refractivity contribution >= 4 is 23.2 Å². The normalized spacial score (nSPS) is 16.8. The minimum Gasteiger partial charge on any atom is -0.388 e. The number of nitrogens with zero attached hydrogens (tertiary/aromatic N) is 3. The molecule has 3 N–H and O–H groups in total. The molecule has 1 fully saturated rings. The number of benzene rings is 2. The molecule has 2 aromatic carbocycles. The van der Waals surface area contributed by atoms with Crippen LogP contribution in [0.2, 0.25) is 0 Å². The lowest BCUT2D eigenvalue weighted by Crippen LogP contribution is -2.52. The molecule has 1 atom stereocenters. The van der Waals surface area contributed by atoms with E-state index in [-0.39, 0.29) is 30.2 Å². The van der Waals surface area contributed by atoms with Crippen LogP contribution in [0.25, 0.3) is 11.4 Å². The number of carbonyl (C=O) groups is 2. The third-order valence-electron chi connectivity index (χ3n) is 6.15. The van der Waals surface area contributed by atoms with E-state index in [4.69, 9.17) is 9.93 Å². The Morgan fingerprint density at radius 3 is 2.59 bits per heavy atom. The van der Waals surface area contributed by atoms with Crippen LogP contribution < -0.4 is 10.6 Å². The van der Waals surface area contributed by atoms with E-state index in [1.165, 1.54) is 12.1 Å². The highest BCUT2D eigenvalue weighted by Crippen LogP contribution is 2.40. The molecular formula is C25H25F3N6O3. The number of anilines is 1. The maximum atomic E-state index is 15.1. The Labute approximate surface area is 210 Å². The second-order valence-electron chi connectivity index (χ2n) is 8.70. The van der Waals surface area contributed by atoms with E-state index < -0.39 is 42.6 Å². The van der Waals surface area contributed by atoms with Crippen LogP contribution in [0.4, 0.5) is 18.9 Å². The van der Waals surface area contributed by atoms with Crippen LogP contribution >= 0.6 is 0 Å². The van der Waals surface area contributed by atoms with Gasteiger partial charge in [-0.2, -0.15) is 4.98 Å². The minimum atomic E-state index is -3.34. The zero-order valence-electron chi connectivity index (χ0n) is 20.1. The number of aromatic nitrogens is 2. The van der Waals surface area contributed by atoms with Crippen molar-refractivity contribution < 1.29 is 27.3 Å². The number of likely N-dealkylation sites (tertiary alicyclic amines) is 1. The average molecular weight is 515 g/mol. The van der Waals surface area contributed by atoms with E-state index in [9.17, 15) is 14.0 Å². The van der Waals surface area contributed by atoms with Gasteiger partial charge in [0.25, 0.3) is 11.8 Å². The van der Waals surface area contributed by atoms with Crippen molar-refractivity contribution in [1.82, 2.24) is 20.4 Å². The van der Waals surface area contributed by atoms with Gasteiger partial charge in [0.15, 0.2) is 0 Å². The highest BCUT2D eigenvalue weighted by Gasteiger charge is 2.49. The van der Waals surface area contributed by atoms with E-state index in [0.29, 0.717) is 22.5 Å². The van der Waals surface area contributed by atoms with Crippen LogP contribution in [0.15, 0.2) is 47.0 Å². The molecule has 1 unspecified atom stereocenters. The molecule has 0 radical (unpaired) electrons. The third-order valence-corrected chi connectivity index (χ3v) is 6.15. The number of nitrogens with one attached hydrogen (secondary N) is 3. The van der Waals surface area contributed by atoms with Gasteiger partial charge in [0.05, 0.1) is 13.1 Å². The summed E-state index contributed by atoms with van der Waals surface area (Å²) < 4.78 is 48.3. The molecule has 0 spiro atoms. The van der Waals surface area contributed by atoms with Crippen molar-refractivity contribution in [2.75, 3.05) is 32.0 Å². The summed E-state index contributed by atoms with van der Waals surface area (Å²) in [5.74, 6) is -6.59. The molecule has 1 saturated heterocycles. The highest BCUT2D eigenvalue weighted by molar-refractivity contribution is 6.02. The maximum Gasteiger partial charge on any atom is 0.276 e. The Morgan fingerprint density at radius 2 is 1.95 bits per heavy atom. The van der Waals surface area contributed by atoms with Crippen molar-refractivity contribution in [2.45, 2.75) is 25.2 Å². The van der Waals surface area contributed by atoms with E-state index >= 15 is 8.78 Å². The van der Waals surface area contributed by atoms with Gasteiger partial charge in [0, 0.05) is 41.7 Å². The number of alkyl halides is 2. The minimum absolute atomic E-state index is 0.0143. The molecule has 0 bridgehead atoms. The van der Waals surface area contributed by atoms with Gasteiger partial charge in [-0.25, -0.2) is 13.2 Å². The van der Waals surface area contributed by atoms with E-state index in [1.807, 2.05) is 0 Å². The van der Waals surface area contributed by atoms with Crippen molar-refractivity contribution in [3.63, 3.8) is 0 Å². The molecule has 3 aromatic rings. The highest BCUT2D eigenvalue weighted by atomic mass is 19.3. The Balaban J connectivity index is 1.40. The first kappa shape index (κ1) is 25.9. The van der Waals surface area contributed by atoms with Gasteiger partial charge < -0.3 is 25.5 Å². The first-order chi connectivity index (χ1) is 17.6. The molecule has 0 aliphatic carbocycles. The first-order valence-corrected chi connectivity index (χ1v) is 11.5. The van der Waals surface area contributed by atoms with E-state index in [1.54, 1.807) is 32.2 Å². The largest absolute Gasteiger partial charge is 0.388 e. The molecule has 9 nitrogen and oxygen atoms in total. The quantitative estimate of drug-likeness (QED) is 0.413. The van der Waals surface area contributed by atoms with Gasteiger partial charge in [-0.05, 0) is 43.7 Å². The van der Waals surface area contributed by atoms with Gasteiger partial charge in [-0.3, -0.25) is 9.59 Å². The van der Waals surface area contributed by atoms with Crippen LogP contribution in [-0.4, -0.2) is 65.2 Å². The Bertz CT molecular complexity index is 1330. The van der Waals surface area contributed by atoms with Crippen LogP contribution in [0.3, 0.4) is 0 Å². The zero-order valence-corrected chi connectivity index (χ0v) is 20.1. The average Bonchev–Trinajstić information content (AvgIpc) is 3.36. The summed E-state index contributed by atoms with van der Waals surface area (Å²) in [5.41, 5.74) is 2.40. The molecule has 194 valence electrons. The molecule has 1 aliphatic heterocycles. The molecular weight excluding hydrogens is 489 g/mol. The number of hydrogen-bond donors (Lipinski definition) is 3. The fourth-order valence-corrected chi connectivity index (χ4v) is 4.14. The lowest BCUT2D eigenvalue weighted by molar-refractivity contribution is -0.144. The fourth-order valence-electron chi connectivity index (χ4n) is 4.14. The van der Waals surface area contributed by atoms with Crippen LogP contribution in [0.5, 0.6) is 0 Å². The van der Waals surface area contributed by atoms with Crippen molar-refractivity contribution in [2.24, 2.45) is 0 Å². The zero-order chi connectivity index (χ0) is 26.7. The number of amides is 2. The molecule has 2 amide bonds. The first-order valence-electron chi connectivity index (χ1n) is 11.5. The van der Waals surface area contributed by atoms with Gasteiger partial charge >= 0.3 is 0 Å². The molecule has 1 aromatic heterocycles. The number of hydrogen-bond acceptors (Lipinski definition) is 7. The molecule has 12 heteroatoms. The summed E-state index contributed by atoms with van der Waals surface area (Å²) in [6.07, 6.45) is -0.111. The number of halogens is 3. The van der Waals surface area contributed by atoms with Gasteiger partial charge in [0.2, 0.25) is 17.6 Å². The summed E-state index contributed by atoms with van der Waals surface area (Å²) in [5, 5.41) is 17.1. The standard InChI is InChI=1S/C25H25F3N6O3/c1-14(29)18-8-5-16(11-20(18)30-2)22-32-24(37-33-22)19-9-10-34(13-25(19,27)28)21(35)12-31-23(36)15-3-6-17(26)7-4-15/h3-8,11,19,29-30H,9-10,12-13H2,1-2H3,(H,31,36). The fraction of sp³-hybridized carbons (Fsp3) is 0.320. The number of carbonyl (C=O) groups excluding carboxylic acids is 2. The summed E-state index contributed by atoms with van der Waals surface area (Å²) in [4.78, 5) is 29.8. The van der Waals surface area contributed by atoms with Gasteiger partial charge in [0.1, 0.15) is 11.7 Å². The monoisotopic (exact) mass is 514 g/mol. The van der Waals surface area contributed by atoms with E-state index in [2.05, 4.69) is 20.8 Å². The topological polar surface area (TPSA) is 124 Å². The Morgan fingerprint density at radius 1 is 1.22 bits per heavy atom. The van der Waals surface area contributed by atoms with Crippen LogP contribution in [0.1, 0.15) is 41.1 Å². The van der Waals surface area contributed by atoms with Gasteiger partial charge in [-0.1, -0.05) is 17.3 Å². The molecule has 37 heavy (non-hydrogen) atoms. The van der Waals surface area contributed by atoms with Crippen LogP contribution in [0, 0.1) is 11.2 Å². The smallest absolute Gasteiger partial charge is 0.276 e. The predicted molar refractivity (Wildman–Crippen MR) is 129 cm³/mol. The SMILES string of the molecule is CNc1cc(-c2noc(C3CCN(C(=O)CNC(=O)c4ccc(F)cc4)CC3(F)F)n2)ccc1C(C)=N. The lowest BCUT2D eigenvalue weighted by Gasteiger charge is -2.36. The summed E-state index contributed by atoms with van der Waals surface area (Å²) >= 11 is 0. The second-order valence-corrected chi connectivity index (χ2v) is 8.70.